The number of amides is 2. The van der Waals surface area contributed by atoms with Crippen LogP contribution < -0.4 is 20.9 Å². The van der Waals surface area contributed by atoms with Crippen molar-refractivity contribution in [1.29, 1.82) is 0 Å². The van der Waals surface area contributed by atoms with E-state index in [1.165, 1.54) is 0 Å². The van der Waals surface area contributed by atoms with Gasteiger partial charge in [0.1, 0.15) is 5.02 Å². The molecule has 1 saturated heterocycles. The Labute approximate surface area is 240 Å². The van der Waals surface area contributed by atoms with Gasteiger partial charge in [-0.25, -0.2) is 4.98 Å². The summed E-state index contributed by atoms with van der Waals surface area (Å²) in [6.07, 6.45) is 3.48. The van der Waals surface area contributed by atoms with Crippen LogP contribution >= 0.6 is 23.2 Å². The molecule has 1 aromatic carbocycles. The minimum Gasteiger partial charge on any atom is -0.367 e. The molecule has 2 amide bonds. The number of halogens is 2. The van der Waals surface area contributed by atoms with Gasteiger partial charge in [0.2, 0.25) is 17.8 Å². The number of carbonyl (C=O) groups is 2. The van der Waals surface area contributed by atoms with Crippen LogP contribution in [0.2, 0.25) is 10.0 Å². The lowest BCUT2D eigenvalue weighted by Crippen LogP contribution is -2.69. The summed E-state index contributed by atoms with van der Waals surface area (Å²) in [5.41, 5.74) is 1.29. The first kappa shape index (κ1) is 27.8. The van der Waals surface area contributed by atoms with Crippen LogP contribution in [0.1, 0.15) is 40.5 Å². The summed E-state index contributed by atoms with van der Waals surface area (Å²) >= 11 is 13.1. The smallest absolute Gasteiger partial charge is 0.229 e. The Morgan fingerprint density at radius 3 is 2.41 bits per heavy atom. The average Bonchev–Trinajstić information content (AvgIpc) is 2.90. The fraction of sp³-hybridized carbons (Fsp3) is 0.571. The molecule has 0 unspecified atom stereocenters. The highest BCUT2D eigenvalue weighted by molar-refractivity contribution is 6.33. The van der Waals surface area contributed by atoms with Crippen LogP contribution in [0.4, 0.5) is 23.1 Å². The van der Waals surface area contributed by atoms with E-state index in [1.54, 1.807) is 20.2 Å². The van der Waals surface area contributed by atoms with E-state index in [-0.39, 0.29) is 23.1 Å². The Kier molecular flexibility index (Phi) is 7.35. The van der Waals surface area contributed by atoms with Crippen LogP contribution in [0.15, 0.2) is 24.4 Å². The lowest BCUT2D eigenvalue weighted by Gasteiger charge is -2.66. The lowest BCUT2D eigenvalue weighted by molar-refractivity contribution is -0.155. The normalized spacial score (nSPS) is 27.4. The second-order valence-corrected chi connectivity index (χ2v) is 12.6. The number of hydrogen-bond acceptors (Lipinski definition) is 7. The van der Waals surface area contributed by atoms with Gasteiger partial charge in [-0.1, -0.05) is 37.0 Å². The molecule has 4 atom stereocenters. The van der Waals surface area contributed by atoms with Crippen molar-refractivity contribution in [2.24, 2.45) is 23.2 Å². The van der Waals surface area contributed by atoms with Crippen molar-refractivity contribution < 1.29 is 9.59 Å². The minimum atomic E-state index is -0.511. The molecule has 0 radical (unpaired) electrons. The van der Waals surface area contributed by atoms with Crippen LogP contribution in [0.3, 0.4) is 0 Å². The number of nitrogens with zero attached hydrogens (tertiary/aromatic N) is 4. The molecule has 210 valence electrons. The third kappa shape index (κ3) is 4.99. The Morgan fingerprint density at radius 1 is 1.05 bits per heavy atom. The molecule has 2 aromatic rings. The van der Waals surface area contributed by atoms with E-state index < -0.39 is 5.54 Å². The summed E-state index contributed by atoms with van der Waals surface area (Å²) in [4.78, 5) is 37.8. The van der Waals surface area contributed by atoms with Gasteiger partial charge in [0.25, 0.3) is 0 Å². The number of piperazine rings is 1. The predicted octanol–water partition coefficient (Wildman–Crippen LogP) is 4.79. The third-order valence-electron chi connectivity index (χ3n) is 9.40. The van der Waals surface area contributed by atoms with Crippen molar-refractivity contribution in [2.45, 2.75) is 46.1 Å². The first-order chi connectivity index (χ1) is 18.4. The maximum atomic E-state index is 12.9. The van der Waals surface area contributed by atoms with Gasteiger partial charge in [0, 0.05) is 45.8 Å². The van der Waals surface area contributed by atoms with Crippen LogP contribution in [0, 0.1) is 23.2 Å². The van der Waals surface area contributed by atoms with Crippen LogP contribution in [0.25, 0.3) is 0 Å². The van der Waals surface area contributed by atoms with E-state index >= 15 is 0 Å². The molecule has 3 N–H and O–H groups in total. The molecular weight excluding hydrogens is 537 g/mol. The molecule has 2 heterocycles. The molecule has 39 heavy (non-hydrogen) atoms. The summed E-state index contributed by atoms with van der Waals surface area (Å²) in [6, 6.07) is 5.69. The first-order valence-corrected chi connectivity index (χ1v) is 14.3. The molecule has 2 bridgehead atoms. The molecule has 9 nitrogen and oxygen atoms in total. The van der Waals surface area contributed by atoms with Gasteiger partial charge in [-0.3, -0.25) is 9.59 Å². The van der Waals surface area contributed by atoms with Crippen molar-refractivity contribution in [2.75, 3.05) is 48.8 Å². The zero-order chi connectivity index (χ0) is 28.1. The van der Waals surface area contributed by atoms with Gasteiger partial charge in [0.15, 0.2) is 5.82 Å². The van der Waals surface area contributed by atoms with E-state index in [4.69, 9.17) is 28.2 Å². The molecule has 1 aliphatic heterocycles. The minimum absolute atomic E-state index is 0.0385. The Hall–Kier alpha value is -2.78. The fourth-order valence-electron chi connectivity index (χ4n) is 6.93. The molecule has 0 spiro atoms. The van der Waals surface area contributed by atoms with E-state index in [0.717, 1.165) is 24.2 Å². The van der Waals surface area contributed by atoms with Gasteiger partial charge >= 0.3 is 0 Å². The van der Waals surface area contributed by atoms with Crippen molar-refractivity contribution in [3.8, 4) is 0 Å². The van der Waals surface area contributed by atoms with E-state index in [1.807, 2.05) is 23.1 Å². The Morgan fingerprint density at radius 2 is 1.77 bits per heavy atom. The summed E-state index contributed by atoms with van der Waals surface area (Å²) in [5, 5.41) is 10.8. The molecule has 3 saturated carbocycles. The van der Waals surface area contributed by atoms with Crippen LogP contribution in [-0.2, 0) is 9.59 Å². The van der Waals surface area contributed by atoms with Crippen LogP contribution in [0.5, 0.6) is 0 Å². The number of nitrogens with one attached hydrogen (secondary N) is 3. The van der Waals surface area contributed by atoms with Crippen molar-refractivity contribution in [3.63, 3.8) is 0 Å². The lowest BCUT2D eigenvalue weighted by atomic mass is 9.40. The number of benzene rings is 1. The molecule has 4 aliphatic rings. The van der Waals surface area contributed by atoms with Crippen molar-refractivity contribution >= 4 is 58.2 Å². The van der Waals surface area contributed by atoms with Crippen molar-refractivity contribution in [1.82, 2.24) is 20.2 Å². The standard InChI is InChI=1S/C28H37Cl2N7O2/c1-16(38)36-8-10-37(11-9-36)22-14-18(6-7-20(22)29)33-26-32-15-21(30)24(34-26)35-28(4)19(25(39)31-5)12-17-13-23(28)27(17,2)3/h6-7,14-15,17,19,23H,8-13H2,1-5H3,(H,31,39)(H2,32,33,34,35)/t17-,19+,23+,28-/m0/s1. The van der Waals surface area contributed by atoms with E-state index in [2.05, 4.69) is 46.6 Å². The number of carbonyl (C=O) groups excluding carboxylic acids is 2. The quantitative estimate of drug-likeness (QED) is 0.456. The van der Waals surface area contributed by atoms with E-state index in [0.29, 0.717) is 59.8 Å². The summed E-state index contributed by atoms with van der Waals surface area (Å²) in [6.45, 7) is 11.0. The fourth-order valence-corrected chi connectivity index (χ4v) is 7.30. The largest absolute Gasteiger partial charge is 0.367 e. The number of hydrogen-bond donors (Lipinski definition) is 3. The molecule has 11 heteroatoms. The molecule has 4 fully saturated rings. The molecular formula is C28H37Cl2N7O2. The van der Waals surface area contributed by atoms with Crippen LogP contribution in [-0.4, -0.2) is 65.4 Å². The SMILES string of the molecule is CNC(=O)[C@H]1C[C@H]2C[C@H](C2(C)C)[C@@]1(C)Nc1nc(Nc2ccc(Cl)c(N3CCN(C(C)=O)CC3)c2)ncc1Cl. The number of rotatable bonds is 6. The monoisotopic (exact) mass is 573 g/mol. The highest BCUT2D eigenvalue weighted by atomic mass is 35.5. The zero-order valence-electron chi connectivity index (χ0n) is 23.1. The highest BCUT2D eigenvalue weighted by Crippen LogP contribution is 2.65. The summed E-state index contributed by atoms with van der Waals surface area (Å²) < 4.78 is 0. The third-order valence-corrected chi connectivity index (χ3v) is 10.00. The Bertz CT molecular complexity index is 1280. The number of anilines is 4. The molecule has 3 aliphatic carbocycles. The highest BCUT2D eigenvalue weighted by Gasteiger charge is 2.64. The second kappa shape index (κ2) is 10.3. The molecule has 6 rings (SSSR count). The maximum absolute atomic E-state index is 12.9. The Balaban J connectivity index is 1.37. The second-order valence-electron chi connectivity index (χ2n) is 11.8. The molecule has 1 aromatic heterocycles. The number of aromatic nitrogens is 2. The maximum Gasteiger partial charge on any atom is 0.229 e. The topological polar surface area (TPSA) is 102 Å². The summed E-state index contributed by atoms with van der Waals surface area (Å²) in [5.74, 6) is 1.66. The predicted molar refractivity (Wildman–Crippen MR) is 156 cm³/mol. The average molecular weight is 575 g/mol. The summed E-state index contributed by atoms with van der Waals surface area (Å²) in [7, 11) is 1.69. The van der Waals surface area contributed by atoms with Gasteiger partial charge in [0.05, 0.1) is 28.4 Å². The van der Waals surface area contributed by atoms with E-state index in [9.17, 15) is 9.59 Å². The first-order valence-electron chi connectivity index (χ1n) is 13.5. The zero-order valence-corrected chi connectivity index (χ0v) is 24.7. The van der Waals surface area contributed by atoms with Gasteiger partial charge in [-0.05, 0) is 55.2 Å². The number of fused-ring (bicyclic) bond motifs is 2. The van der Waals surface area contributed by atoms with Gasteiger partial charge < -0.3 is 25.8 Å². The van der Waals surface area contributed by atoms with Crippen molar-refractivity contribution in [3.05, 3.63) is 34.4 Å². The van der Waals surface area contributed by atoms with Gasteiger partial charge in [-0.2, -0.15) is 4.98 Å². The van der Waals surface area contributed by atoms with Gasteiger partial charge in [-0.15, -0.1) is 0 Å².